The molecule has 0 bridgehead atoms. The number of amides is 3. The minimum atomic E-state index is -0.782. The Morgan fingerprint density at radius 3 is 2.59 bits per heavy atom. The monoisotopic (exact) mass is 385 g/mol. The molecule has 0 fully saturated rings. The number of hydrogen-bond donors (Lipinski definition) is 3. The van der Waals surface area contributed by atoms with Crippen LogP contribution in [0.25, 0.3) is 0 Å². The third kappa shape index (κ3) is 4.74. The second-order valence-electron chi connectivity index (χ2n) is 6.91. The van der Waals surface area contributed by atoms with Crippen molar-refractivity contribution in [3.63, 3.8) is 0 Å². The molecule has 1 aliphatic carbocycles. The van der Waals surface area contributed by atoms with Crippen LogP contribution in [-0.4, -0.2) is 23.8 Å². The van der Waals surface area contributed by atoms with Crippen LogP contribution in [-0.2, 0) is 17.6 Å². The summed E-state index contributed by atoms with van der Waals surface area (Å²) in [6.45, 7) is 3.78. The molecule has 6 nitrogen and oxygen atoms in total. The number of carbonyl (C=O) groups excluding carboxylic acids is 3. The fourth-order valence-electron chi connectivity index (χ4n) is 3.04. The van der Waals surface area contributed by atoms with Gasteiger partial charge >= 0.3 is 0 Å². The van der Waals surface area contributed by atoms with E-state index in [0.29, 0.717) is 16.4 Å². The molecule has 1 aromatic heterocycles. The highest BCUT2D eigenvalue weighted by molar-refractivity contribution is 7.14. The van der Waals surface area contributed by atoms with Gasteiger partial charge < -0.3 is 5.32 Å². The Labute approximate surface area is 162 Å². The maximum Gasteiger partial charge on any atom is 0.279 e. The Hall–Kier alpha value is -2.67. The van der Waals surface area contributed by atoms with Crippen molar-refractivity contribution in [2.45, 2.75) is 39.2 Å². The average Bonchev–Trinajstić information content (AvgIpc) is 3.09. The largest absolute Gasteiger partial charge is 0.340 e. The van der Waals surface area contributed by atoms with Gasteiger partial charge in [-0.2, -0.15) is 0 Å². The zero-order chi connectivity index (χ0) is 19.4. The first-order chi connectivity index (χ1) is 12.9. The minimum Gasteiger partial charge on any atom is -0.340 e. The number of benzene rings is 1. The van der Waals surface area contributed by atoms with Gasteiger partial charge in [-0.1, -0.05) is 25.1 Å². The van der Waals surface area contributed by atoms with Gasteiger partial charge in [0, 0.05) is 10.4 Å². The molecule has 3 N–H and O–H groups in total. The van der Waals surface area contributed by atoms with Crippen molar-refractivity contribution in [2.24, 2.45) is 5.92 Å². The van der Waals surface area contributed by atoms with Crippen LogP contribution in [0.3, 0.4) is 0 Å². The number of rotatable bonds is 4. The molecular weight excluding hydrogens is 362 g/mol. The lowest BCUT2D eigenvalue weighted by Crippen LogP contribution is -2.51. The van der Waals surface area contributed by atoms with Crippen molar-refractivity contribution in [3.8, 4) is 0 Å². The van der Waals surface area contributed by atoms with Crippen LogP contribution in [0.4, 0.5) is 0 Å². The van der Waals surface area contributed by atoms with Gasteiger partial charge in [-0.15, -0.1) is 11.3 Å². The van der Waals surface area contributed by atoms with Crippen LogP contribution in [0.5, 0.6) is 0 Å². The van der Waals surface area contributed by atoms with Gasteiger partial charge in [0.1, 0.15) is 6.04 Å². The van der Waals surface area contributed by atoms with Crippen molar-refractivity contribution >= 4 is 29.1 Å². The minimum absolute atomic E-state index is 0.336. The topological polar surface area (TPSA) is 87.3 Å². The van der Waals surface area contributed by atoms with Gasteiger partial charge in [0.2, 0.25) is 0 Å². The summed E-state index contributed by atoms with van der Waals surface area (Å²) < 4.78 is 0. The molecule has 1 aromatic carbocycles. The summed E-state index contributed by atoms with van der Waals surface area (Å²) in [6, 6.07) is 9.78. The van der Waals surface area contributed by atoms with Crippen LogP contribution in [0.15, 0.2) is 36.4 Å². The first-order valence-electron chi connectivity index (χ1n) is 9.01. The summed E-state index contributed by atoms with van der Waals surface area (Å²) in [5.41, 5.74) is 6.52. The molecule has 1 heterocycles. The summed E-state index contributed by atoms with van der Waals surface area (Å²) in [4.78, 5) is 38.4. The first-order valence-corrected chi connectivity index (χ1v) is 9.83. The maximum atomic E-state index is 12.3. The highest BCUT2D eigenvalue weighted by atomic mass is 32.1. The quantitative estimate of drug-likeness (QED) is 0.707. The molecule has 142 valence electrons. The van der Waals surface area contributed by atoms with Gasteiger partial charge in [-0.05, 0) is 55.9 Å². The lowest BCUT2D eigenvalue weighted by molar-refractivity contribution is -0.123. The van der Waals surface area contributed by atoms with E-state index in [-0.39, 0.29) is 11.8 Å². The summed E-state index contributed by atoms with van der Waals surface area (Å²) in [6.07, 6.45) is 3.14. The van der Waals surface area contributed by atoms with Gasteiger partial charge in [0.15, 0.2) is 0 Å². The zero-order valence-corrected chi connectivity index (χ0v) is 16.2. The molecule has 2 aromatic rings. The van der Waals surface area contributed by atoms with Crippen molar-refractivity contribution in [3.05, 3.63) is 57.3 Å². The molecule has 0 spiro atoms. The summed E-state index contributed by atoms with van der Waals surface area (Å²) in [7, 11) is 0. The molecule has 0 saturated carbocycles. The standard InChI is InChI=1S/C20H23N3O3S/c1-12-8-9-16-15(10-12)11-17(27-16)20(26)23-22-18(24)13(2)21-19(25)14-6-4-3-5-7-14/h3-7,11-13H,8-10H2,1-2H3,(H,21,25)(H,22,24)(H,23,26)/t12?,13-/m0/s1. The summed E-state index contributed by atoms with van der Waals surface area (Å²) in [5.74, 6) is -0.527. The van der Waals surface area contributed by atoms with E-state index in [9.17, 15) is 14.4 Å². The molecule has 1 aliphatic rings. The summed E-state index contributed by atoms with van der Waals surface area (Å²) >= 11 is 1.48. The second kappa shape index (κ2) is 8.35. The predicted molar refractivity (Wildman–Crippen MR) is 104 cm³/mol. The van der Waals surface area contributed by atoms with Crippen LogP contribution >= 0.6 is 11.3 Å². The molecule has 7 heteroatoms. The van der Waals surface area contributed by atoms with Crippen LogP contribution in [0.2, 0.25) is 0 Å². The van der Waals surface area contributed by atoms with E-state index in [4.69, 9.17) is 0 Å². The van der Waals surface area contributed by atoms with Crippen molar-refractivity contribution in [1.29, 1.82) is 0 Å². The number of aryl methyl sites for hydroxylation is 1. The van der Waals surface area contributed by atoms with E-state index in [0.717, 1.165) is 19.3 Å². The third-order valence-electron chi connectivity index (χ3n) is 4.63. The maximum absolute atomic E-state index is 12.3. The highest BCUT2D eigenvalue weighted by Gasteiger charge is 2.22. The molecular formula is C20H23N3O3S. The smallest absolute Gasteiger partial charge is 0.279 e. The number of thiophene rings is 1. The fourth-order valence-corrected chi connectivity index (χ4v) is 4.14. The Kier molecular flexibility index (Phi) is 5.91. The number of hydrogen-bond acceptors (Lipinski definition) is 4. The number of nitrogens with one attached hydrogen (secondary N) is 3. The summed E-state index contributed by atoms with van der Waals surface area (Å²) in [5, 5.41) is 2.60. The Morgan fingerprint density at radius 1 is 1.11 bits per heavy atom. The Bertz CT molecular complexity index is 847. The van der Waals surface area contributed by atoms with Gasteiger partial charge in [0.05, 0.1) is 4.88 Å². The lowest BCUT2D eigenvalue weighted by atomic mass is 9.90. The SMILES string of the molecule is CC1CCc2sc(C(=O)NNC(=O)[C@H](C)NC(=O)c3ccccc3)cc2C1. The molecule has 27 heavy (non-hydrogen) atoms. The second-order valence-corrected chi connectivity index (χ2v) is 8.05. The van der Waals surface area contributed by atoms with Crippen molar-refractivity contribution in [2.75, 3.05) is 0 Å². The Morgan fingerprint density at radius 2 is 1.85 bits per heavy atom. The van der Waals surface area contributed by atoms with Crippen molar-refractivity contribution in [1.82, 2.24) is 16.2 Å². The molecule has 0 aliphatic heterocycles. The van der Waals surface area contributed by atoms with Crippen LogP contribution in [0.1, 0.15) is 50.7 Å². The highest BCUT2D eigenvalue weighted by Crippen LogP contribution is 2.32. The zero-order valence-electron chi connectivity index (χ0n) is 15.4. The molecule has 0 saturated heterocycles. The first kappa shape index (κ1) is 19.1. The molecule has 0 radical (unpaired) electrons. The van der Waals surface area contributed by atoms with E-state index in [2.05, 4.69) is 23.1 Å². The predicted octanol–water partition coefficient (Wildman–Crippen LogP) is 2.45. The van der Waals surface area contributed by atoms with Gasteiger partial charge in [0.25, 0.3) is 17.7 Å². The lowest BCUT2D eigenvalue weighted by Gasteiger charge is -2.16. The van der Waals surface area contributed by atoms with E-state index in [1.807, 2.05) is 12.1 Å². The Balaban J connectivity index is 1.51. The normalized spacial score (nSPS) is 16.7. The molecule has 3 rings (SSSR count). The number of carbonyl (C=O) groups is 3. The third-order valence-corrected chi connectivity index (χ3v) is 5.86. The van der Waals surface area contributed by atoms with E-state index in [1.54, 1.807) is 31.2 Å². The fraction of sp³-hybridized carbons (Fsp3) is 0.350. The van der Waals surface area contributed by atoms with Crippen molar-refractivity contribution < 1.29 is 14.4 Å². The van der Waals surface area contributed by atoms with Gasteiger partial charge in [-0.25, -0.2) is 0 Å². The van der Waals surface area contributed by atoms with Gasteiger partial charge in [-0.3, -0.25) is 25.2 Å². The number of fused-ring (bicyclic) bond motifs is 1. The number of hydrazine groups is 1. The van der Waals surface area contributed by atoms with E-state index < -0.39 is 11.9 Å². The average molecular weight is 385 g/mol. The van der Waals surface area contributed by atoms with E-state index in [1.165, 1.54) is 21.8 Å². The molecule has 3 amide bonds. The molecule has 1 unspecified atom stereocenters. The molecule has 2 atom stereocenters. The van der Waals surface area contributed by atoms with E-state index >= 15 is 0 Å². The van der Waals surface area contributed by atoms with Crippen LogP contribution in [0, 0.1) is 5.92 Å². The van der Waals surface area contributed by atoms with Crippen LogP contribution < -0.4 is 16.2 Å².